The van der Waals surface area contributed by atoms with Gasteiger partial charge in [0.05, 0.1) is 5.94 Å². The zero-order valence-electron chi connectivity index (χ0n) is 8.00. The average Bonchev–Trinajstić information content (AvgIpc) is 2.17. The van der Waals surface area contributed by atoms with E-state index in [4.69, 9.17) is 15.2 Å². The molecule has 1 aromatic rings. The third-order valence-corrected chi connectivity index (χ3v) is 1.97. The van der Waals surface area contributed by atoms with E-state index in [9.17, 15) is 4.79 Å². The fraction of sp³-hybridized carbons (Fsp3) is 0.222. The summed E-state index contributed by atoms with van der Waals surface area (Å²) >= 11 is 0. The summed E-state index contributed by atoms with van der Waals surface area (Å²) in [6, 6.07) is 9.02. The third kappa shape index (κ3) is 4.01. The number of carboxylic acid groups (broad SMARTS) is 1. The number of hydrogen-bond donors (Lipinski definition) is 4. The third-order valence-electron chi connectivity index (χ3n) is 1.97. The first-order valence-electron chi connectivity index (χ1n) is 4.49. The van der Waals surface area contributed by atoms with Gasteiger partial charge in [0, 0.05) is 0 Å². The number of nitrogens with one attached hydrogen (secondary N) is 1. The van der Waals surface area contributed by atoms with Gasteiger partial charge in [0.15, 0.2) is 0 Å². The van der Waals surface area contributed by atoms with Gasteiger partial charge >= 0.3 is 13.2 Å². The van der Waals surface area contributed by atoms with E-state index in [0.717, 1.165) is 5.56 Å². The second kappa shape index (κ2) is 5.38. The molecule has 5 nitrogen and oxygen atoms in total. The van der Waals surface area contributed by atoms with Crippen molar-refractivity contribution in [1.29, 1.82) is 0 Å². The highest BCUT2D eigenvalue weighted by Gasteiger charge is 2.25. The lowest BCUT2D eigenvalue weighted by Gasteiger charge is -2.15. The molecule has 1 amide bonds. The van der Waals surface area contributed by atoms with Crippen LogP contribution in [0.1, 0.15) is 5.56 Å². The topological polar surface area (TPSA) is 89.8 Å². The molecule has 0 bridgehead atoms. The van der Waals surface area contributed by atoms with Crippen molar-refractivity contribution in [3.63, 3.8) is 0 Å². The Hall–Kier alpha value is -1.53. The first-order chi connectivity index (χ1) is 7.09. The van der Waals surface area contributed by atoms with Crippen molar-refractivity contribution >= 4 is 13.2 Å². The van der Waals surface area contributed by atoms with Crippen LogP contribution in [0.15, 0.2) is 30.3 Å². The van der Waals surface area contributed by atoms with Gasteiger partial charge in [-0.2, -0.15) is 0 Å². The molecule has 6 heteroatoms. The molecule has 4 N–H and O–H groups in total. The normalized spacial score (nSPS) is 11.9. The van der Waals surface area contributed by atoms with Crippen molar-refractivity contribution in [2.75, 3.05) is 0 Å². The molecule has 80 valence electrons. The molecule has 0 saturated carbocycles. The van der Waals surface area contributed by atoms with E-state index in [2.05, 4.69) is 0 Å². The molecular weight excluding hydrogens is 197 g/mol. The van der Waals surface area contributed by atoms with Gasteiger partial charge in [-0.05, 0) is 12.0 Å². The highest BCUT2D eigenvalue weighted by molar-refractivity contribution is 6.43. The van der Waals surface area contributed by atoms with Crippen molar-refractivity contribution in [2.24, 2.45) is 0 Å². The van der Waals surface area contributed by atoms with Gasteiger partial charge < -0.3 is 20.5 Å². The van der Waals surface area contributed by atoms with E-state index < -0.39 is 19.2 Å². The molecule has 1 atom stereocenters. The summed E-state index contributed by atoms with van der Waals surface area (Å²) in [5, 5.41) is 28.4. The Morgan fingerprint density at radius 2 is 1.93 bits per heavy atom. The fourth-order valence-electron chi connectivity index (χ4n) is 1.26. The molecule has 15 heavy (non-hydrogen) atoms. The minimum atomic E-state index is -1.71. The van der Waals surface area contributed by atoms with Crippen molar-refractivity contribution < 1.29 is 19.9 Å². The molecule has 0 aliphatic rings. The summed E-state index contributed by atoms with van der Waals surface area (Å²) in [5.74, 6) is -0.912. The summed E-state index contributed by atoms with van der Waals surface area (Å²) in [6.07, 6.45) is -1.03. The van der Waals surface area contributed by atoms with E-state index in [1.807, 2.05) is 11.4 Å². The minimum Gasteiger partial charge on any atom is -0.465 e. The minimum absolute atomic E-state index is 0.241. The smallest absolute Gasteiger partial charge is 0.465 e. The highest BCUT2D eigenvalue weighted by Crippen LogP contribution is 2.03. The van der Waals surface area contributed by atoms with Crippen LogP contribution >= 0.6 is 0 Å². The lowest BCUT2D eigenvalue weighted by Crippen LogP contribution is -2.47. The largest absolute Gasteiger partial charge is 0.475 e. The van der Waals surface area contributed by atoms with Gasteiger partial charge in [0.2, 0.25) is 0 Å². The fourth-order valence-corrected chi connectivity index (χ4v) is 1.26. The Labute approximate surface area is 87.5 Å². The molecular formula is C9H12BNO4. The van der Waals surface area contributed by atoms with Crippen LogP contribution in [-0.2, 0) is 6.42 Å². The molecule has 0 saturated heterocycles. The summed E-state index contributed by atoms with van der Waals surface area (Å²) < 4.78 is 0. The first kappa shape index (κ1) is 11.5. The van der Waals surface area contributed by atoms with E-state index in [1.54, 1.807) is 24.3 Å². The van der Waals surface area contributed by atoms with Gasteiger partial charge in [-0.3, -0.25) is 0 Å². The summed E-state index contributed by atoms with van der Waals surface area (Å²) in [4.78, 5) is 10.4. The molecule has 0 aliphatic heterocycles. The van der Waals surface area contributed by atoms with Gasteiger partial charge in [-0.1, -0.05) is 30.3 Å². The monoisotopic (exact) mass is 209 g/mol. The van der Waals surface area contributed by atoms with Gasteiger partial charge in [-0.15, -0.1) is 0 Å². The van der Waals surface area contributed by atoms with Gasteiger partial charge in [-0.25, -0.2) is 4.79 Å². The SMILES string of the molecule is O=C(O)NC(Cc1ccccc1)B(O)O. The van der Waals surface area contributed by atoms with Crippen LogP contribution in [0.5, 0.6) is 0 Å². The lowest BCUT2D eigenvalue weighted by molar-refractivity contribution is 0.190. The lowest BCUT2D eigenvalue weighted by atomic mass is 9.76. The molecule has 0 spiro atoms. The number of benzene rings is 1. The van der Waals surface area contributed by atoms with Crippen LogP contribution in [0, 0.1) is 0 Å². The molecule has 0 radical (unpaired) electrons. The van der Waals surface area contributed by atoms with E-state index in [0.29, 0.717) is 0 Å². The van der Waals surface area contributed by atoms with E-state index >= 15 is 0 Å². The molecule has 0 aromatic heterocycles. The Morgan fingerprint density at radius 3 is 2.40 bits per heavy atom. The number of carbonyl (C=O) groups is 1. The molecule has 1 unspecified atom stereocenters. The Morgan fingerprint density at radius 1 is 1.33 bits per heavy atom. The Bertz CT molecular complexity index is 317. The first-order valence-corrected chi connectivity index (χ1v) is 4.49. The standard InChI is InChI=1S/C9H12BNO4/c12-9(13)11-8(10(14)15)6-7-4-2-1-3-5-7/h1-5,8,11,14-15H,6H2,(H,12,13). The second-order valence-electron chi connectivity index (χ2n) is 3.16. The summed E-state index contributed by atoms with van der Waals surface area (Å²) in [7, 11) is -1.71. The van der Waals surface area contributed by atoms with Crippen LogP contribution < -0.4 is 5.32 Å². The zero-order chi connectivity index (χ0) is 11.3. The van der Waals surface area contributed by atoms with Crippen molar-refractivity contribution in [2.45, 2.75) is 12.4 Å². The quantitative estimate of drug-likeness (QED) is 0.520. The van der Waals surface area contributed by atoms with Gasteiger partial charge in [0.1, 0.15) is 0 Å². The summed E-state index contributed by atoms with van der Waals surface area (Å²) in [6.45, 7) is 0. The Balaban J connectivity index is 2.63. The summed E-state index contributed by atoms with van der Waals surface area (Å²) in [5.41, 5.74) is 0.837. The molecule has 0 heterocycles. The number of hydrogen-bond acceptors (Lipinski definition) is 3. The predicted molar refractivity (Wildman–Crippen MR) is 55.3 cm³/mol. The van der Waals surface area contributed by atoms with Crippen molar-refractivity contribution in [1.82, 2.24) is 5.32 Å². The molecule has 0 aliphatic carbocycles. The van der Waals surface area contributed by atoms with E-state index in [1.165, 1.54) is 0 Å². The van der Waals surface area contributed by atoms with Crippen LogP contribution in [0.4, 0.5) is 4.79 Å². The number of rotatable bonds is 4. The van der Waals surface area contributed by atoms with Gasteiger partial charge in [0.25, 0.3) is 0 Å². The molecule has 0 fully saturated rings. The number of amides is 1. The van der Waals surface area contributed by atoms with E-state index in [-0.39, 0.29) is 6.42 Å². The maximum atomic E-state index is 10.4. The highest BCUT2D eigenvalue weighted by atomic mass is 16.4. The van der Waals surface area contributed by atoms with Crippen molar-refractivity contribution in [3.05, 3.63) is 35.9 Å². The van der Waals surface area contributed by atoms with Crippen LogP contribution in [0.2, 0.25) is 0 Å². The van der Waals surface area contributed by atoms with Crippen LogP contribution in [-0.4, -0.2) is 34.3 Å². The molecule has 1 rings (SSSR count). The predicted octanol–water partition coefficient (Wildman–Crippen LogP) is -0.123. The maximum absolute atomic E-state index is 10.4. The molecule has 1 aromatic carbocycles. The Kier molecular flexibility index (Phi) is 4.14. The maximum Gasteiger partial charge on any atom is 0.475 e. The second-order valence-corrected chi connectivity index (χ2v) is 3.16. The zero-order valence-corrected chi connectivity index (χ0v) is 8.00. The van der Waals surface area contributed by atoms with Crippen LogP contribution in [0.3, 0.4) is 0 Å². The van der Waals surface area contributed by atoms with Crippen LogP contribution in [0.25, 0.3) is 0 Å². The van der Waals surface area contributed by atoms with Crippen molar-refractivity contribution in [3.8, 4) is 0 Å². The average molecular weight is 209 g/mol.